The minimum Gasteiger partial charge on any atom is -0.330 e. The van der Waals surface area contributed by atoms with Crippen molar-refractivity contribution in [2.75, 3.05) is 6.54 Å². The van der Waals surface area contributed by atoms with Gasteiger partial charge in [0.2, 0.25) is 0 Å². The Bertz CT molecular complexity index is 292. The van der Waals surface area contributed by atoms with Gasteiger partial charge in [0, 0.05) is 5.92 Å². The zero-order valence-electron chi connectivity index (χ0n) is 7.03. The Morgan fingerprint density at radius 2 is 2.08 bits per heavy atom. The van der Waals surface area contributed by atoms with Gasteiger partial charge in [-0.25, -0.2) is 0 Å². The van der Waals surface area contributed by atoms with Crippen molar-refractivity contribution >= 4 is 0 Å². The van der Waals surface area contributed by atoms with Gasteiger partial charge in [-0.2, -0.15) is 0 Å². The summed E-state index contributed by atoms with van der Waals surface area (Å²) in [7, 11) is 0. The van der Waals surface area contributed by atoms with Crippen LogP contribution in [-0.2, 0) is 0 Å². The summed E-state index contributed by atoms with van der Waals surface area (Å²) < 4.78 is 0. The van der Waals surface area contributed by atoms with Gasteiger partial charge < -0.3 is 5.73 Å². The molecule has 2 aliphatic carbocycles. The Morgan fingerprint density at radius 3 is 2.92 bits per heavy atom. The Balaban J connectivity index is 2.27. The summed E-state index contributed by atoms with van der Waals surface area (Å²) in [6, 6.07) is 0. The van der Waals surface area contributed by atoms with Gasteiger partial charge in [-0.3, -0.25) is 0 Å². The normalized spacial score (nSPS) is 25.2. The third-order valence-corrected chi connectivity index (χ3v) is 2.35. The van der Waals surface area contributed by atoms with E-state index in [4.69, 9.17) is 5.73 Å². The van der Waals surface area contributed by atoms with E-state index in [2.05, 4.69) is 36.5 Å². The highest BCUT2D eigenvalue weighted by molar-refractivity contribution is 5.48. The topological polar surface area (TPSA) is 26.0 Å². The third kappa shape index (κ3) is 1.16. The number of fused-ring (bicyclic) bond motifs is 1. The van der Waals surface area contributed by atoms with Gasteiger partial charge in [0.05, 0.1) is 0 Å². The van der Waals surface area contributed by atoms with Gasteiger partial charge in [0.15, 0.2) is 0 Å². The van der Waals surface area contributed by atoms with Crippen molar-refractivity contribution in [3.63, 3.8) is 0 Å². The largest absolute Gasteiger partial charge is 0.330 e. The van der Waals surface area contributed by atoms with Crippen molar-refractivity contribution in [1.82, 2.24) is 0 Å². The SMILES string of the molecule is NCCC1=C2C=CC=CC2C=C1. The van der Waals surface area contributed by atoms with E-state index < -0.39 is 0 Å². The van der Waals surface area contributed by atoms with Crippen molar-refractivity contribution in [1.29, 1.82) is 0 Å². The Labute approximate surface area is 73.0 Å². The molecule has 0 aromatic rings. The second-order valence-corrected chi connectivity index (χ2v) is 3.15. The molecule has 0 radical (unpaired) electrons. The lowest BCUT2D eigenvalue weighted by atomic mass is 9.95. The van der Waals surface area contributed by atoms with Crippen LogP contribution in [-0.4, -0.2) is 6.54 Å². The maximum atomic E-state index is 5.52. The van der Waals surface area contributed by atoms with Crippen LogP contribution in [0.4, 0.5) is 0 Å². The number of nitrogens with two attached hydrogens (primary N) is 1. The molecule has 0 fully saturated rings. The van der Waals surface area contributed by atoms with Crippen LogP contribution in [0.2, 0.25) is 0 Å². The fourth-order valence-corrected chi connectivity index (χ4v) is 1.75. The molecule has 0 amide bonds. The van der Waals surface area contributed by atoms with Crippen LogP contribution in [0.3, 0.4) is 0 Å². The minimum absolute atomic E-state index is 0.525. The van der Waals surface area contributed by atoms with Crippen molar-refractivity contribution in [2.45, 2.75) is 6.42 Å². The molecule has 0 bridgehead atoms. The number of hydrogen-bond donors (Lipinski definition) is 1. The zero-order valence-corrected chi connectivity index (χ0v) is 7.03. The van der Waals surface area contributed by atoms with Gasteiger partial charge in [-0.1, -0.05) is 36.5 Å². The van der Waals surface area contributed by atoms with E-state index >= 15 is 0 Å². The number of hydrogen-bond acceptors (Lipinski definition) is 1. The van der Waals surface area contributed by atoms with Crippen LogP contribution < -0.4 is 5.73 Å². The van der Waals surface area contributed by atoms with Crippen LogP contribution >= 0.6 is 0 Å². The van der Waals surface area contributed by atoms with E-state index in [-0.39, 0.29) is 0 Å². The lowest BCUT2D eigenvalue weighted by Gasteiger charge is -2.10. The maximum absolute atomic E-state index is 5.52. The second kappa shape index (κ2) is 3.11. The molecule has 1 unspecified atom stereocenters. The van der Waals surface area contributed by atoms with Crippen molar-refractivity contribution in [2.24, 2.45) is 11.7 Å². The van der Waals surface area contributed by atoms with E-state index in [0.29, 0.717) is 5.92 Å². The lowest BCUT2D eigenvalue weighted by molar-refractivity contribution is 0.941. The molecule has 0 aromatic carbocycles. The Hall–Kier alpha value is -1.08. The second-order valence-electron chi connectivity index (χ2n) is 3.15. The molecule has 0 saturated heterocycles. The molecule has 1 nitrogen and oxygen atoms in total. The minimum atomic E-state index is 0.525. The monoisotopic (exact) mass is 159 g/mol. The molecule has 0 saturated carbocycles. The summed E-state index contributed by atoms with van der Waals surface area (Å²) >= 11 is 0. The summed E-state index contributed by atoms with van der Waals surface area (Å²) in [6.07, 6.45) is 14.0. The van der Waals surface area contributed by atoms with Crippen LogP contribution in [0.25, 0.3) is 0 Å². The summed E-state index contributed by atoms with van der Waals surface area (Å²) in [5, 5.41) is 0. The molecule has 1 heteroatoms. The highest BCUT2D eigenvalue weighted by atomic mass is 14.5. The van der Waals surface area contributed by atoms with E-state index in [9.17, 15) is 0 Å². The predicted molar refractivity (Wildman–Crippen MR) is 51.6 cm³/mol. The van der Waals surface area contributed by atoms with E-state index in [1.165, 1.54) is 11.1 Å². The van der Waals surface area contributed by atoms with Gasteiger partial charge in [-0.05, 0) is 24.1 Å². The van der Waals surface area contributed by atoms with Crippen molar-refractivity contribution in [3.8, 4) is 0 Å². The lowest BCUT2D eigenvalue weighted by Crippen LogP contribution is -2.01. The fraction of sp³-hybridized carbons (Fsp3) is 0.273. The molecule has 0 aliphatic heterocycles. The summed E-state index contributed by atoms with van der Waals surface area (Å²) in [5.74, 6) is 0.525. The molecule has 0 heterocycles. The Kier molecular flexibility index (Phi) is 1.96. The molecule has 2 rings (SSSR count). The van der Waals surface area contributed by atoms with E-state index in [1.54, 1.807) is 0 Å². The molecular formula is C11H13N. The molecular weight excluding hydrogens is 146 g/mol. The first kappa shape index (κ1) is 7.56. The van der Waals surface area contributed by atoms with E-state index in [0.717, 1.165) is 13.0 Å². The summed E-state index contributed by atoms with van der Waals surface area (Å²) in [6.45, 7) is 0.743. The quantitative estimate of drug-likeness (QED) is 0.654. The summed E-state index contributed by atoms with van der Waals surface area (Å²) in [5.41, 5.74) is 8.36. The number of rotatable bonds is 2. The molecule has 62 valence electrons. The number of allylic oxidation sites excluding steroid dienone is 7. The van der Waals surface area contributed by atoms with Gasteiger partial charge >= 0.3 is 0 Å². The van der Waals surface area contributed by atoms with Crippen LogP contribution in [0.15, 0.2) is 47.6 Å². The molecule has 0 aromatic heterocycles. The molecule has 12 heavy (non-hydrogen) atoms. The molecule has 2 aliphatic rings. The zero-order chi connectivity index (χ0) is 8.39. The Morgan fingerprint density at radius 1 is 1.17 bits per heavy atom. The first-order valence-corrected chi connectivity index (χ1v) is 4.38. The molecule has 2 N–H and O–H groups in total. The van der Waals surface area contributed by atoms with Gasteiger partial charge in [0.25, 0.3) is 0 Å². The first-order valence-electron chi connectivity index (χ1n) is 4.38. The van der Waals surface area contributed by atoms with Gasteiger partial charge in [-0.15, -0.1) is 0 Å². The van der Waals surface area contributed by atoms with Crippen LogP contribution in [0, 0.1) is 5.92 Å². The smallest absolute Gasteiger partial charge is 0.0207 e. The van der Waals surface area contributed by atoms with Crippen LogP contribution in [0.5, 0.6) is 0 Å². The standard InChI is InChI=1S/C11H13N/c12-8-7-10-6-5-9-3-1-2-4-11(9)10/h1-6,9H,7-8,12H2. The molecule has 0 spiro atoms. The van der Waals surface area contributed by atoms with E-state index in [1.807, 2.05) is 0 Å². The highest BCUT2D eigenvalue weighted by Gasteiger charge is 2.16. The third-order valence-electron chi connectivity index (χ3n) is 2.35. The predicted octanol–water partition coefficient (Wildman–Crippen LogP) is 1.94. The average Bonchev–Trinajstić information content (AvgIpc) is 2.50. The summed E-state index contributed by atoms with van der Waals surface area (Å²) in [4.78, 5) is 0. The van der Waals surface area contributed by atoms with Crippen molar-refractivity contribution in [3.05, 3.63) is 47.6 Å². The maximum Gasteiger partial charge on any atom is 0.0207 e. The first-order chi connectivity index (χ1) is 5.92. The van der Waals surface area contributed by atoms with Crippen molar-refractivity contribution < 1.29 is 0 Å². The fourth-order valence-electron chi connectivity index (χ4n) is 1.75. The molecule has 1 atom stereocenters. The highest BCUT2D eigenvalue weighted by Crippen LogP contribution is 2.31. The average molecular weight is 159 g/mol. The van der Waals surface area contributed by atoms with Crippen LogP contribution in [0.1, 0.15) is 6.42 Å². The van der Waals surface area contributed by atoms with Gasteiger partial charge in [0.1, 0.15) is 0 Å².